The minimum absolute atomic E-state index is 0.319. The van der Waals surface area contributed by atoms with Crippen LogP contribution in [0.15, 0.2) is 41.0 Å². The summed E-state index contributed by atoms with van der Waals surface area (Å²) in [5.41, 5.74) is 7.04. The van der Waals surface area contributed by atoms with Crippen molar-refractivity contribution in [3.8, 4) is 0 Å². The molecule has 0 atom stereocenters. The van der Waals surface area contributed by atoms with Crippen LogP contribution in [0.3, 0.4) is 0 Å². The second-order valence-corrected chi connectivity index (χ2v) is 6.00. The van der Waals surface area contributed by atoms with E-state index in [-0.39, 0.29) is 0 Å². The number of benzene rings is 1. The molecule has 1 aromatic heterocycles. The molecule has 1 aliphatic heterocycles. The van der Waals surface area contributed by atoms with Crippen molar-refractivity contribution in [2.75, 3.05) is 36.8 Å². The fourth-order valence-electron chi connectivity index (χ4n) is 2.55. The van der Waals surface area contributed by atoms with Gasteiger partial charge < -0.3 is 10.6 Å². The highest BCUT2D eigenvalue weighted by Gasteiger charge is 2.20. The van der Waals surface area contributed by atoms with E-state index in [2.05, 4.69) is 66.0 Å². The van der Waals surface area contributed by atoms with Crippen LogP contribution in [0.2, 0.25) is 0 Å². The Balaban J connectivity index is 1.61. The summed E-state index contributed by atoms with van der Waals surface area (Å²) in [5.74, 6) is 1.21. The highest BCUT2D eigenvalue weighted by Crippen LogP contribution is 2.24. The number of piperazine rings is 1. The second-order valence-electron chi connectivity index (χ2n) is 5.15. The maximum absolute atomic E-state index is 5.68. The highest BCUT2D eigenvalue weighted by atomic mass is 79.9. The number of nitrogen functional groups attached to an aromatic ring is 1. The van der Waals surface area contributed by atoms with Gasteiger partial charge in [0, 0.05) is 38.9 Å². The van der Waals surface area contributed by atoms with Gasteiger partial charge in [-0.25, -0.2) is 4.98 Å². The lowest BCUT2D eigenvalue weighted by molar-refractivity contribution is 0.249. The van der Waals surface area contributed by atoms with Crippen LogP contribution in [-0.2, 0) is 6.54 Å². The van der Waals surface area contributed by atoms with Crippen LogP contribution in [0.5, 0.6) is 0 Å². The van der Waals surface area contributed by atoms with Gasteiger partial charge in [0.15, 0.2) is 0 Å². The molecular formula is C15H18BrN5. The maximum atomic E-state index is 5.68. The molecule has 1 aromatic carbocycles. The minimum atomic E-state index is 0.319. The monoisotopic (exact) mass is 347 g/mol. The minimum Gasteiger partial charge on any atom is -0.368 e. The third-order valence-corrected chi connectivity index (χ3v) is 4.22. The smallest absolute Gasteiger partial charge is 0.222 e. The van der Waals surface area contributed by atoms with E-state index in [0.29, 0.717) is 5.95 Å². The molecule has 5 nitrogen and oxygen atoms in total. The van der Waals surface area contributed by atoms with E-state index < -0.39 is 0 Å². The van der Waals surface area contributed by atoms with Crippen molar-refractivity contribution in [1.82, 2.24) is 14.9 Å². The number of hydrogen-bond acceptors (Lipinski definition) is 5. The molecule has 0 unspecified atom stereocenters. The number of hydrogen-bond donors (Lipinski definition) is 1. The van der Waals surface area contributed by atoms with Gasteiger partial charge in [-0.1, -0.05) is 30.3 Å². The van der Waals surface area contributed by atoms with Gasteiger partial charge in [0.2, 0.25) is 5.95 Å². The molecule has 2 N–H and O–H groups in total. The van der Waals surface area contributed by atoms with E-state index in [1.54, 1.807) is 6.20 Å². The zero-order valence-electron chi connectivity index (χ0n) is 11.7. The molecule has 0 radical (unpaired) electrons. The molecule has 0 amide bonds. The van der Waals surface area contributed by atoms with Crippen LogP contribution in [-0.4, -0.2) is 41.0 Å². The number of rotatable bonds is 3. The summed E-state index contributed by atoms with van der Waals surface area (Å²) in [6.07, 6.45) is 1.72. The number of anilines is 2. The average molecular weight is 348 g/mol. The van der Waals surface area contributed by atoms with E-state index >= 15 is 0 Å². The van der Waals surface area contributed by atoms with E-state index in [9.17, 15) is 0 Å². The van der Waals surface area contributed by atoms with Crippen molar-refractivity contribution in [2.24, 2.45) is 0 Å². The molecule has 1 saturated heterocycles. The van der Waals surface area contributed by atoms with E-state index in [0.717, 1.165) is 43.0 Å². The fraction of sp³-hybridized carbons (Fsp3) is 0.333. The summed E-state index contributed by atoms with van der Waals surface area (Å²) >= 11 is 3.50. The zero-order chi connectivity index (χ0) is 14.7. The first-order valence-corrected chi connectivity index (χ1v) is 7.81. The van der Waals surface area contributed by atoms with Crippen LogP contribution in [0.4, 0.5) is 11.8 Å². The molecule has 110 valence electrons. The normalized spacial score (nSPS) is 16.1. The van der Waals surface area contributed by atoms with Crippen molar-refractivity contribution in [1.29, 1.82) is 0 Å². The summed E-state index contributed by atoms with van der Waals surface area (Å²) < 4.78 is 0.896. The Morgan fingerprint density at radius 3 is 2.52 bits per heavy atom. The lowest BCUT2D eigenvalue weighted by Gasteiger charge is -2.35. The molecule has 3 rings (SSSR count). The van der Waals surface area contributed by atoms with Crippen LogP contribution >= 0.6 is 15.9 Å². The first-order valence-electron chi connectivity index (χ1n) is 7.01. The standard InChI is InChI=1S/C15H18BrN5/c16-13-10-18-15(17)19-14(13)21-8-6-20(7-9-21)11-12-4-2-1-3-5-12/h1-5,10H,6-9,11H2,(H2,17,18,19). The summed E-state index contributed by atoms with van der Waals surface area (Å²) in [5, 5.41) is 0. The van der Waals surface area contributed by atoms with Crippen molar-refractivity contribution >= 4 is 27.7 Å². The number of nitrogens with zero attached hydrogens (tertiary/aromatic N) is 4. The molecule has 2 heterocycles. The van der Waals surface area contributed by atoms with Crippen molar-refractivity contribution < 1.29 is 0 Å². The molecule has 1 fully saturated rings. The van der Waals surface area contributed by atoms with Crippen LogP contribution in [0, 0.1) is 0 Å². The Labute approximate surface area is 132 Å². The van der Waals surface area contributed by atoms with Crippen molar-refractivity contribution in [2.45, 2.75) is 6.54 Å². The SMILES string of the molecule is Nc1ncc(Br)c(N2CCN(Cc3ccccc3)CC2)n1. The highest BCUT2D eigenvalue weighted by molar-refractivity contribution is 9.10. The Morgan fingerprint density at radius 2 is 1.81 bits per heavy atom. The topological polar surface area (TPSA) is 58.3 Å². The third kappa shape index (κ3) is 3.51. The van der Waals surface area contributed by atoms with Crippen molar-refractivity contribution in [3.63, 3.8) is 0 Å². The Morgan fingerprint density at radius 1 is 1.10 bits per heavy atom. The zero-order valence-corrected chi connectivity index (χ0v) is 13.3. The van der Waals surface area contributed by atoms with Gasteiger partial charge in [0.1, 0.15) is 5.82 Å². The van der Waals surface area contributed by atoms with Crippen LogP contribution in [0.25, 0.3) is 0 Å². The van der Waals surface area contributed by atoms with Crippen molar-refractivity contribution in [3.05, 3.63) is 46.6 Å². The first-order chi connectivity index (χ1) is 10.2. The van der Waals surface area contributed by atoms with Gasteiger partial charge in [-0.3, -0.25) is 4.90 Å². The lowest BCUT2D eigenvalue weighted by Crippen LogP contribution is -2.46. The largest absolute Gasteiger partial charge is 0.368 e. The maximum Gasteiger partial charge on any atom is 0.222 e. The van der Waals surface area contributed by atoms with Gasteiger partial charge in [-0.05, 0) is 21.5 Å². The van der Waals surface area contributed by atoms with Gasteiger partial charge >= 0.3 is 0 Å². The fourth-order valence-corrected chi connectivity index (χ4v) is 2.99. The predicted octanol–water partition coefficient (Wildman–Crippen LogP) is 2.14. The molecule has 2 aromatic rings. The molecular weight excluding hydrogens is 330 g/mol. The van der Waals surface area contributed by atoms with Gasteiger partial charge in [-0.2, -0.15) is 4.98 Å². The molecule has 1 aliphatic rings. The molecule has 6 heteroatoms. The molecule has 21 heavy (non-hydrogen) atoms. The number of aromatic nitrogens is 2. The van der Waals surface area contributed by atoms with Gasteiger partial charge in [0.25, 0.3) is 0 Å². The summed E-state index contributed by atoms with van der Waals surface area (Å²) in [6.45, 7) is 4.93. The predicted molar refractivity (Wildman–Crippen MR) is 88.1 cm³/mol. The Bertz CT molecular complexity index is 596. The number of nitrogens with two attached hydrogens (primary N) is 1. The quantitative estimate of drug-likeness (QED) is 0.921. The summed E-state index contributed by atoms with van der Waals surface area (Å²) in [4.78, 5) is 13.0. The van der Waals surface area contributed by atoms with Gasteiger partial charge in [-0.15, -0.1) is 0 Å². The van der Waals surface area contributed by atoms with E-state index in [1.165, 1.54) is 5.56 Å². The molecule has 0 aliphatic carbocycles. The first kappa shape index (κ1) is 14.3. The molecule has 0 bridgehead atoms. The Hall–Kier alpha value is -1.66. The molecule has 0 spiro atoms. The third-order valence-electron chi connectivity index (χ3n) is 3.67. The average Bonchev–Trinajstić information content (AvgIpc) is 2.52. The second kappa shape index (κ2) is 6.41. The van der Waals surface area contributed by atoms with Crippen LogP contribution < -0.4 is 10.6 Å². The van der Waals surface area contributed by atoms with E-state index in [1.807, 2.05) is 0 Å². The van der Waals surface area contributed by atoms with Gasteiger partial charge in [0.05, 0.1) is 4.47 Å². The lowest BCUT2D eigenvalue weighted by atomic mass is 10.2. The van der Waals surface area contributed by atoms with E-state index in [4.69, 9.17) is 5.73 Å². The van der Waals surface area contributed by atoms with Crippen LogP contribution in [0.1, 0.15) is 5.56 Å². The summed E-state index contributed by atoms with van der Waals surface area (Å²) in [7, 11) is 0. The Kier molecular flexibility index (Phi) is 4.36. The molecule has 0 saturated carbocycles. The number of halogens is 1. The summed E-state index contributed by atoms with van der Waals surface area (Å²) in [6, 6.07) is 10.6.